The molecule has 1 aliphatic rings. The summed E-state index contributed by atoms with van der Waals surface area (Å²) < 4.78 is 11.2. The molecule has 1 aliphatic heterocycles. The molecule has 5 heteroatoms. The lowest BCUT2D eigenvalue weighted by Gasteiger charge is -2.19. The van der Waals surface area contributed by atoms with Gasteiger partial charge in [-0.15, -0.1) is 0 Å². The van der Waals surface area contributed by atoms with E-state index < -0.39 is 0 Å². The van der Waals surface area contributed by atoms with Crippen LogP contribution in [-0.2, 0) is 6.54 Å². The van der Waals surface area contributed by atoms with Gasteiger partial charge in [0.1, 0.15) is 24.1 Å². The van der Waals surface area contributed by atoms with Crippen LogP contribution in [-0.4, -0.2) is 20.2 Å². The Labute approximate surface area is 151 Å². The Hall–Kier alpha value is -2.79. The van der Waals surface area contributed by atoms with E-state index in [-0.39, 0.29) is 11.2 Å². The molecule has 0 atom stereocenters. The summed E-state index contributed by atoms with van der Waals surface area (Å²) in [5.41, 5.74) is 1.99. The molecule has 2 heterocycles. The fraction of sp³-hybridized carbons (Fsp3) is 0.286. The van der Waals surface area contributed by atoms with Crippen molar-refractivity contribution in [3.05, 3.63) is 58.4 Å². The summed E-state index contributed by atoms with van der Waals surface area (Å²) in [7, 11) is 1.57. The van der Waals surface area contributed by atoms with Crippen molar-refractivity contribution < 1.29 is 19.2 Å². The van der Waals surface area contributed by atoms with E-state index in [1.165, 1.54) is 30.1 Å². The van der Waals surface area contributed by atoms with Gasteiger partial charge in [0, 0.05) is 24.0 Å². The number of benzene rings is 2. The molecule has 1 saturated heterocycles. The zero-order chi connectivity index (χ0) is 18.1. The summed E-state index contributed by atoms with van der Waals surface area (Å²) in [6.45, 7) is 2.71. The number of methoxy groups -OCH3 is 1. The first-order valence-corrected chi connectivity index (χ1v) is 8.90. The molecule has 4 rings (SSSR count). The Kier molecular flexibility index (Phi) is 4.39. The third-order valence-corrected chi connectivity index (χ3v) is 5.14. The van der Waals surface area contributed by atoms with Crippen molar-refractivity contribution in [2.75, 3.05) is 20.2 Å². The van der Waals surface area contributed by atoms with Crippen molar-refractivity contribution in [3.8, 4) is 22.6 Å². The predicted molar refractivity (Wildman–Crippen MR) is 97.6 cm³/mol. The number of hydrogen-bond donors (Lipinski definition) is 1. The van der Waals surface area contributed by atoms with Gasteiger partial charge in [0.2, 0.25) is 5.43 Å². The van der Waals surface area contributed by atoms with E-state index in [0.29, 0.717) is 40.0 Å². The van der Waals surface area contributed by atoms with Crippen LogP contribution in [0.3, 0.4) is 0 Å². The predicted octanol–water partition coefficient (Wildman–Crippen LogP) is 1.72. The highest BCUT2D eigenvalue weighted by Gasteiger charge is 2.20. The minimum absolute atomic E-state index is 0.0647. The molecule has 0 radical (unpaired) electrons. The number of para-hydroxylation sites is 1. The summed E-state index contributed by atoms with van der Waals surface area (Å²) in [4.78, 5) is 14.4. The first-order valence-electron chi connectivity index (χ1n) is 8.90. The molecule has 1 aromatic heterocycles. The number of fused-ring (bicyclic) bond motifs is 1. The van der Waals surface area contributed by atoms with Crippen molar-refractivity contribution in [1.82, 2.24) is 0 Å². The lowest BCUT2D eigenvalue weighted by atomic mass is 10.0. The van der Waals surface area contributed by atoms with E-state index in [0.717, 1.165) is 13.1 Å². The Bertz CT molecular complexity index is 1000. The van der Waals surface area contributed by atoms with Gasteiger partial charge in [0.05, 0.1) is 31.1 Å². The molecule has 134 valence electrons. The molecule has 0 spiro atoms. The SMILES string of the molecule is COc1ccccc1-c1coc2c(C[NH+]3CCCC3)c([O-])ccc2c1=O. The van der Waals surface area contributed by atoms with Crippen LogP contribution in [0.25, 0.3) is 22.1 Å². The number of ether oxygens (including phenoxy) is 1. The average Bonchev–Trinajstić information content (AvgIpc) is 3.17. The molecule has 0 amide bonds. The van der Waals surface area contributed by atoms with Gasteiger partial charge in [0.25, 0.3) is 0 Å². The molecule has 26 heavy (non-hydrogen) atoms. The van der Waals surface area contributed by atoms with Gasteiger partial charge in [-0.1, -0.05) is 30.0 Å². The van der Waals surface area contributed by atoms with E-state index >= 15 is 0 Å². The van der Waals surface area contributed by atoms with Crippen LogP contribution in [0, 0.1) is 0 Å². The summed E-state index contributed by atoms with van der Waals surface area (Å²) in [6, 6.07) is 10.4. The Balaban J connectivity index is 1.86. The van der Waals surface area contributed by atoms with Crippen molar-refractivity contribution in [3.63, 3.8) is 0 Å². The Morgan fingerprint density at radius 2 is 1.88 bits per heavy atom. The van der Waals surface area contributed by atoms with Gasteiger partial charge in [-0.05, 0) is 12.1 Å². The van der Waals surface area contributed by atoms with Crippen LogP contribution < -0.4 is 20.2 Å². The number of likely N-dealkylation sites (tertiary alicyclic amines) is 1. The fourth-order valence-electron chi connectivity index (χ4n) is 3.76. The third-order valence-electron chi connectivity index (χ3n) is 5.14. The minimum atomic E-state index is -0.145. The van der Waals surface area contributed by atoms with E-state index in [4.69, 9.17) is 9.15 Å². The Morgan fingerprint density at radius 3 is 2.65 bits per heavy atom. The van der Waals surface area contributed by atoms with Crippen molar-refractivity contribution in [1.29, 1.82) is 0 Å². The van der Waals surface area contributed by atoms with E-state index in [1.807, 2.05) is 24.3 Å². The van der Waals surface area contributed by atoms with Crippen molar-refractivity contribution in [2.45, 2.75) is 19.4 Å². The molecular formula is C21H21NO4. The number of quaternary nitrogens is 1. The number of hydrogen-bond acceptors (Lipinski definition) is 4. The zero-order valence-corrected chi connectivity index (χ0v) is 14.7. The molecule has 0 unspecified atom stereocenters. The molecular weight excluding hydrogens is 330 g/mol. The monoisotopic (exact) mass is 351 g/mol. The normalized spacial score (nSPS) is 14.8. The lowest BCUT2D eigenvalue weighted by molar-refractivity contribution is -0.901. The van der Waals surface area contributed by atoms with Gasteiger partial charge in [0.15, 0.2) is 0 Å². The van der Waals surface area contributed by atoms with Crippen LogP contribution in [0.1, 0.15) is 18.4 Å². The maximum absolute atomic E-state index is 13.1. The second-order valence-corrected chi connectivity index (χ2v) is 6.73. The number of nitrogens with one attached hydrogen (secondary N) is 1. The first kappa shape index (κ1) is 16.7. The van der Waals surface area contributed by atoms with Crippen LogP contribution in [0.15, 0.2) is 51.9 Å². The molecule has 1 fully saturated rings. The highest BCUT2D eigenvalue weighted by Crippen LogP contribution is 2.30. The zero-order valence-electron chi connectivity index (χ0n) is 14.7. The summed E-state index contributed by atoms with van der Waals surface area (Å²) >= 11 is 0. The van der Waals surface area contributed by atoms with Crippen molar-refractivity contribution >= 4 is 11.0 Å². The maximum Gasteiger partial charge on any atom is 0.200 e. The quantitative estimate of drug-likeness (QED) is 0.777. The van der Waals surface area contributed by atoms with E-state index in [1.54, 1.807) is 13.2 Å². The smallest absolute Gasteiger partial charge is 0.200 e. The van der Waals surface area contributed by atoms with E-state index in [2.05, 4.69) is 0 Å². The maximum atomic E-state index is 13.1. The summed E-state index contributed by atoms with van der Waals surface area (Å²) in [5.74, 6) is 0.548. The van der Waals surface area contributed by atoms with Crippen molar-refractivity contribution in [2.24, 2.45) is 0 Å². The molecule has 0 bridgehead atoms. The highest BCUT2D eigenvalue weighted by molar-refractivity contribution is 5.86. The molecule has 0 aliphatic carbocycles. The molecule has 2 aromatic carbocycles. The van der Waals surface area contributed by atoms with E-state index in [9.17, 15) is 9.90 Å². The number of rotatable bonds is 4. The lowest BCUT2D eigenvalue weighted by Crippen LogP contribution is -3.08. The largest absolute Gasteiger partial charge is 0.872 e. The molecule has 1 N–H and O–H groups in total. The van der Waals surface area contributed by atoms with Crippen LogP contribution in [0.5, 0.6) is 11.5 Å². The second kappa shape index (κ2) is 6.84. The summed E-state index contributed by atoms with van der Waals surface area (Å²) in [6.07, 6.45) is 3.80. The molecule has 3 aromatic rings. The minimum Gasteiger partial charge on any atom is -0.872 e. The summed E-state index contributed by atoms with van der Waals surface area (Å²) in [5, 5.41) is 12.8. The first-order chi connectivity index (χ1) is 12.7. The average molecular weight is 351 g/mol. The van der Waals surface area contributed by atoms with Crippen LogP contribution in [0.4, 0.5) is 0 Å². The second-order valence-electron chi connectivity index (χ2n) is 6.73. The van der Waals surface area contributed by atoms with Crippen LogP contribution >= 0.6 is 0 Å². The van der Waals surface area contributed by atoms with Gasteiger partial charge in [-0.3, -0.25) is 4.79 Å². The van der Waals surface area contributed by atoms with Crippen LogP contribution in [0.2, 0.25) is 0 Å². The third kappa shape index (κ3) is 2.84. The standard InChI is InChI=1S/C21H21NO4/c1-25-19-7-3-2-6-14(19)17-13-26-21-15(20(17)24)8-9-18(23)16(21)12-22-10-4-5-11-22/h2-3,6-9,13,23H,4-5,10-12H2,1H3. The topological polar surface area (TPSA) is 66.9 Å². The van der Waals surface area contributed by atoms with Gasteiger partial charge >= 0.3 is 0 Å². The Morgan fingerprint density at radius 1 is 1.12 bits per heavy atom. The highest BCUT2D eigenvalue weighted by atomic mass is 16.5. The fourth-order valence-corrected chi connectivity index (χ4v) is 3.76. The van der Waals surface area contributed by atoms with Gasteiger partial charge in [-0.25, -0.2) is 0 Å². The molecule has 0 saturated carbocycles. The van der Waals surface area contributed by atoms with Gasteiger partial charge < -0.3 is 19.2 Å². The molecule has 5 nitrogen and oxygen atoms in total. The van der Waals surface area contributed by atoms with Gasteiger partial charge in [-0.2, -0.15) is 0 Å².